The molecule has 0 amide bonds. The van der Waals surface area contributed by atoms with Crippen LogP contribution in [0.2, 0.25) is 0 Å². The van der Waals surface area contributed by atoms with Gasteiger partial charge in [-0.1, -0.05) is 140 Å². The fourth-order valence-electron chi connectivity index (χ4n) is 8.97. The van der Waals surface area contributed by atoms with E-state index in [-0.39, 0.29) is 0 Å². The molecule has 12 rings (SSSR count). The first-order chi connectivity index (χ1) is 27.3. The molecule has 3 heterocycles. The minimum Gasteiger partial charge on any atom is -0.294 e. The molecule has 9 aromatic carbocycles. The van der Waals surface area contributed by atoms with Crippen LogP contribution in [0.3, 0.4) is 0 Å². The summed E-state index contributed by atoms with van der Waals surface area (Å²) in [6.07, 6.45) is 0. The molecule has 0 fully saturated rings. The number of para-hydroxylation sites is 3. The third-order valence-corrected chi connectivity index (χ3v) is 11.4. The molecule has 0 aliphatic heterocycles. The third kappa shape index (κ3) is 4.37. The van der Waals surface area contributed by atoms with Gasteiger partial charge in [0.25, 0.3) is 0 Å². The molecule has 0 saturated heterocycles. The predicted molar refractivity (Wildman–Crippen MR) is 230 cm³/mol. The van der Waals surface area contributed by atoms with Crippen LogP contribution in [-0.4, -0.2) is 18.5 Å². The van der Waals surface area contributed by atoms with Crippen LogP contribution in [0, 0.1) is 0 Å². The smallest absolute Gasteiger partial charge is 0.221 e. The Hall–Kier alpha value is -7.43. The van der Waals surface area contributed by atoms with E-state index in [4.69, 9.17) is 4.98 Å². The number of fused-ring (bicyclic) bond motifs is 13. The number of imidazole rings is 2. The maximum atomic E-state index is 5.41. The summed E-state index contributed by atoms with van der Waals surface area (Å²) >= 11 is 0. The van der Waals surface area contributed by atoms with Crippen LogP contribution in [0.1, 0.15) is 0 Å². The Morgan fingerprint density at radius 1 is 0.327 bits per heavy atom. The number of benzene rings is 9. The predicted octanol–water partition coefficient (Wildman–Crippen LogP) is 13.2. The van der Waals surface area contributed by atoms with E-state index in [1.807, 2.05) is 0 Å². The highest BCUT2D eigenvalue weighted by atomic mass is 15.3. The van der Waals surface area contributed by atoms with Crippen molar-refractivity contribution in [2.75, 3.05) is 0 Å². The van der Waals surface area contributed by atoms with Gasteiger partial charge < -0.3 is 0 Å². The molecule has 0 N–H and O–H groups in total. The second-order valence-corrected chi connectivity index (χ2v) is 14.4. The number of nitrogens with zero attached hydrogens (tertiary/aromatic N) is 4. The Kier molecular flexibility index (Phi) is 6.31. The van der Waals surface area contributed by atoms with E-state index in [2.05, 4.69) is 208 Å². The molecule has 55 heavy (non-hydrogen) atoms. The number of hydrogen-bond donors (Lipinski definition) is 0. The van der Waals surface area contributed by atoms with E-state index in [0.29, 0.717) is 0 Å². The minimum absolute atomic E-state index is 0.892. The Morgan fingerprint density at radius 2 is 0.836 bits per heavy atom. The molecule has 3 aromatic heterocycles. The van der Waals surface area contributed by atoms with Crippen LogP contribution in [0.5, 0.6) is 0 Å². The van der Waals surface area contributed by atoms with Gasteiger partial charge in [0, 0.05) is 16.8 Å². The van der Waals surface area contributed by atoms with Crippen molar-refractivity contribution in [2.45, 2.75) is 0 Å². The number of aromatic nitrogens is 4. The minimum atomic E-state index is 0.892. The average Bonchev–Trinajstić information content (AvgIpc) is 3.90. The van der Waals surface area contributed by atoms with Crippen molar-refractivity contribution in [2.24, 2.45) is 0 Å². The lowest BCUT2D eigenvalue weighted by molar-refractivity contribution is 1.09. The molecule has 0 aliphatic rings. The molecule has 256 valence electrons. The summed E-state index contributed by atoms with van der Waals surface area (Å²) in [7, 11) is 0. The van der Waals surface area contributed by atoms with E-state index in [0.717, 1.165) is 56.0 Å². The van der Waals surface area contributed by atoms with Crippen molar-refractivity contribution < 1.29 is 0 Å². The van der Waals surface area contributed by atoms with E-state index < -0.39 is 0 Å². The van der Waals surface area contributed by atoms with Crippen molar-refractivity contribution in [1.82, 2.24) is 18.5 Å². The lowest BCUT2D eigenvalue weighted by atomic mass is 9.91. The summed E-state index contributed by atoms with van der Waals surface area (Å²) in [4.78, 5) is 5.41. The lowest BCUT2D eigenvalue weighted by Crippen LogP contribution is -1.97. The zero-order chi connectivity index (χ0) is 36.0. The third-order valence-electron chi connectivity index (χ3n) is 11.4. The van der Waals surface area contributed by atoms with Crippen LogP contribution in [-0.2, 0) is 0 Å². The van der Waals surface area contributed by atoms with Gasteiger partial charge in [-0.2, -0.15) is 0 Å². The van der Waals surface area contributed by atoms with Crippen LogP contribution < -0.4 is 0 Å². The van der Waals surface area contributed by atoms with E-state index in [1.54, 1.807) is 0 Å². The largest absolute Gasteiger partial charge is 0.294 e. The van der Waals surface area contributed by atoms with E-state index >= 15 is 0 Å². The van der Waals surface area contributed by atoms with E-state index in [1.165, 1.54) is 48.8 Å². The van der Waals surface area contributed by atoms with Gasteiger partial charge in [0.1, 0.15) is 5.52 Å². The molecule has 0 spiro atoms. The van der Waals surface area contributed by atoms with Crippen LogP contribution in [0.4, 0.5) is 0 Å². The molecule has 4 nitrogen and oxygen atoms in total. The van der Waals surface area contributed by atoms with Gasteiger partial charge in [-0.05, 0) is 109 Å². The first kappa shape index (κ1) is 30.1. The van der Waals surface area contributed by atoms with Gasteiger partial charge in [0.2, 0.25) is 5.78 Å². The van der Waals surface area contributed by atoms with Gasteiger partial charge in [-0.15, -0.1) is 0 Å². The fraction of sp³-hybridized carbons (Fsp3) is 0. The molecular formula is C51H32N4. The zero-order valence-electron chi connectivity index (χ0n) is 29.8. The standard InChI is InChI=1S/C51H32N4/c1-3-16-37(17-4-1)53-47-25-12-11-24-44(47)49-50(53)55-48-29-27-36(32-46(48)52-51(55)54(49)38-18-5-2-6-19-38)34-15-13-14-33(30-34)35-26-28-43-41-22-8-7-20-39(41)40-21-9-10-23-42(40)45(43)31-35/h1-32H. The Morgan fingerprint density at radius 3 is 1.51 bits per heavy atom. The van der Waals surface area contributed by atoms with Gasteiger partial charge in [0.05, 0.1) is 16.6 Å². The van der Waals surface area contributed by atoms with Crippen molar-refractivity contribution in [1.29, 1.82) is 0 Å². The van der Waals surface area contributed by atoms with E-state index in [9.17, 15) is 0 Å². The first-order valence-electron chi connectivity index (χ1n) is 18.8. The summed E-state index contributed by atoms with van der Waals surface area (Å²) in [5.41, 5.74) is 12.3. The van der Waals surface area contributed by atoms with Gasteiger partial charge >= 0.3 is 0 Å². The van der Waals surface area contributed by atoms with Gasteiger partial charge in [-0.25, -0.2) is 4.98 Å². The molecular weight excluding hydrogens is 669 g/mol. The maximum absolute atomic E-state index is 5.41. The average molecular weight is 701 g/mol. The zero-order valence-corrected chi connectivity index (χ0v) is 29.8. The summed E-state index contributed by atoms with van der Waals surface area (Å²) in [6.45, 7) is 0. The normalized spacial score (nSPS) is 12.0. The molecule has 0 atom stereocenters. The Labute approximate surface area is 316 Å². The fourth-order valence-corrected chi connectivity index (χ4v) is 8.97. The monoisotopic (exact) mass is 700 g/mol. The number of rotatable bonds is 4. The first-order valence-corrected chi connectivity index (χ1v) is 18.8. The van der Waals surface area contributed by atoms with Gasteiger partial charge in [0.15, 0.2) is 5.65 Å². The highest BCUT2D eigenvalue weighted by molar-refractivity contribution is 6.25. The molecule has 0 bridgehead atoms. The molecule has 0 unspecified atom stereocenters. The lowest BCUT2D eigenvalue weighted by Gasteiger charge is -2.12. The van der Waals surface area contributed by atoms with Crippen molar-refractivity contribution >= 4 is 71.2 Å². The molecule has 12 aromatic rings. The molecule has 4 heteroatoms. The van der Waals surface area contributed by atoms with Crippen molar-refractivity contribution in [3.63, 3.8) is 0 Å². The molecule has 0 aliphatic carbocycles. The summed E-state index contributed by atoms with van der Waals surface area (Å²) in [6, 6.07) is 70.1. The Bertz CT molecular complexity index is 3440. The second kappa shape index (κ2) is 11.5. The van der Waals surface area contributed by atoms with Crippen molar-refractivity contribution in [3.05, 3.63) is 194 Å². The molecule has 0 radical (unpaired) electrons. The van der Waals surface area contributed by atoms with Crippen molar-refractivity contribution in [3.8, 4) is 33.6 Å². The van der Waals surface area contributed by atoms with Gasteiger partial charge in [-0.3, -0.25) is 13.5 Å². The van der Waals surface area contributed by atoms with Crippen LogP contribution in [0.25, 0.3) is 105 Å². The quantitative estimate of drug-likeness (QED) is 0.168. The summed E-state index contributed by atoms with van der Waals surface area (Å²) in [5.74, 6) is 0.892. The van der Waals surface area contributed by atoms with Crippen LogP contribution in [0.15, 0.2) is 194 Å². The Balaban J connectivity index is 1.06. The molecule has 0 saturated carbocycles. The number of hydrogen-bond acceptors (Lipinski definition) is 1. The topological polar surface area (TPSA) is 27.2 Å². The summed E-state index contributed by atoms with van der Waals surface area (Å²) < 4.78 is 7.04. The highest BCUT2D eigenvalue weighted by Gasteiger charge is 2.25. The SMILES string of the molecule is c1ccc(-n2c3c4ccccc4n(-c4ccccc4)c3n3c4ccc(-c5cccc(-c6ccc7c8ccccc8c8ccccc8c7c6)c5)cc4nc23)cc1. The second-order valence-electron chi connectivity index (χ2n) is 14.4. The maximum Gasteiger partial charge on any atom is 0.221 e. The highest BCUT2D eigenvalue weighted by Crippen LogP contribution is 2.40. The summed E-state index contributed by atoms with van der Waals surface area (Å²) in [5, 5.41) is 8.91. The van der Waals surface area contributed by atoms with Crippen LogP contribution >= 0.6 is 0 Å².